The molecule has 0 spiro atoms. The van der Waals surface area contributed by atoms with Crippen molar-refractivity contribution in [3.8, 4) is 11.5 Å². The molecule has 0 aliphatic carbocycles. The van der Waals surface area contributed by atoms with Crippen LogP contribution in [-0.2, 0) is 9.53 Å². The first kappa shape index (κ1) is 17.3. The Kier molecular flexibility index (Phi) is 6.03. The van der Waals surface area contributed by atoms with Gasteiger partial charge in [-0.3, -0.25) is 4.79 Å². The molecule has 1 unspecified atom stereocenters. The molecule has 0 heterocycles. The average molecular weight is 295 g/mol. The number of carbonyl (C=O) groups excluding carboxylic acids is 1. The Morgan fingerprint density at radius 1 is 1.19 bits per heavy atom. The molecule has 1 atom stereocenters. The number of benzene rings is 1. The maximum atomic E-state index is 11.7. The molecule has 0 saturated carbocycles. The summed E-state index contributed by atoms with van der Waals surface area (Å²) in [4.78, 5) is 11.7. The zero-order valence-electron chi connectivity index (χ0n) is 13.6. The Bertz CT molecular complexity index is 480. The van der Waals surface area contributed by atoms with Crippen molar-refractivity contribution in [2.24, 2.45) is 0 Å². The molecule has 0 bridgehead atoms. The molecule has 0 radical (unpaired) electrons. The molecule has 1 N–H and O–H groups in total. The van der Waals surface area contributed by atoms with Crippen molar-refractivity contribution in [1.82, 2.24) is 5.32 Å². The number of nitrogens with one attached hydrogen (secondary N) is 1. The Morgan fingerprint density at radius 2 is 1.81 bits per heavy atom. The molecule has 1 aromatic carbocycles. The number of carbonyl (C=O) groups is 1. The van der Waals surface area contributed by atoms with Crippen molar-refractivity contribution in [3.63, 3.8) is 0 Å². The standard InChI is InChI=1S/C16H25NO4/c1-11(17-10-15(18)21-16(2,3)4)12-7-8-13(19-5)14(9-12)20-6/h7-9,11,17H,10H2,1-6H3. The molecule has 5 heteroatoms. The first-order valence-corrected chi connectivity index (χ1v) is 6.94. The minimum absolute atomic E-state index is 0.00248. The van der Waals surface area contributed by atoms with Crippen LogP contribution in [-0.4, -0.2) is 32.3 Å². The molecule has 5 nitrogen and oxygen atoms in total. The zero-order chi connectivity index (χ0) is 16.0. The van der Waals surface area contributed by atoms with E-state index in [1.807, 2.05) is 45.9 Å². The van der Waals surface area contributed by atoms with Gasteiger partial charge in [0.2, 0.25) is 0 Å². The van der Waals surface area contributed by atoms with Gasteiger partial charge in [0.15, 0.2) is 11.5 Å². The van der Waals surface area contributed by atoms with Crippen LogP contribution in [0.4, 0.5) is 0 Å². The Balaban J connectivity index is 2.63. The Morgan fingerprint density at radius 3 is 2.33 bits per heavy atom. The lowest BCUT2D eigenvalue weighted by Gasteiger charge is -2.21. The van der Waals surface area contributed by atoms with Gasteiger partial charge < -0.3 is 19.5 Å². The number of ether oxygens (including phenoxy) is 3. The minimum atomic E-state index is -0.467. The normalized spacial score (nSPS) is 12.7. The highest BCUT2D eigenvalue weighted by atomic mass is 16.6. The summed E-state index contributed by atoms with van der Waals surface area (Å²) < 4.78 is 15.7. The molecular weight excluding hydrogens is 270 g/mol. The van der Waals surface area contributed by atoms with Crippen LogP contribution in [0.25, 0.3) is 0 Å². The summed E-state index contributed by atoms with van der Waals surface area (Å²) in [5.74, 6) is 1.08. The molecule has 0 saturated heterocycles. The molecule has 0 fully saturated rings. The predicted molar refractivity (Wildman–Crippen MR) is 81.8 cm³/mol. The van der Waals surface area contributed by atoms with Crippen LogP contribution >= 0.6 is 0 Å². The van der Waals surface area contributed by atoms with E-state index in [2.05, 4.69) is 5.32 Å². The van der Waals surface area contributed by atoms with Gasteiger partial charge in [0.05, 0.1) is 20.8 Å². The summed E-state index contributed by atoms with van der Waals surface area (Å²) in [5.41, 5.74) is 0.543. The predicted octanol–water partition coefficient (Wildman–Crippen LogP) is 2.70. The van der Waals surface area contributed by atoms with E-state index >= 15 is 0 Å². The van der Waals surface area contributed by atoms with E-state index in [1.54, 1.807) is 14.2 Å². The second kappa shape index (κ2) is 7.31. The second-order valence-electron chi connectivity index (χ2n) is 5.80. The zero-order valence-corrected chi connectivity index (χ0v) is 13.6. The maximum Gasteiger partial charge on any atom is 0.320 e. The monoisotopic (exact) mass is 295 g/mol. The maximum absolute atomic E-state index is 11.7. The van der Waals surface area contributed by atoms with Gasteiger partial charge in [-0.15, -0.1) is 0 Å². The van der Waals surface area contributed by atoms with Crippen LogP contribution in [0.5, 0.6) is 11.5 Å². The van der Waals surface area contributed by atoms with Crippen molar-refractivity contribution in [2.45, 2.75) is 39.3 Å². The van der Waals surface area contributed by atoms with E-state index in [0.29, 0.717) is 11.5 Å². The molecule has 0 aliphatic heterocycles. The number of rotatable bonds is 6. The van der Waals surface area contributed by atoms with Crippen LogP contribution in [0.2, 0.25) is 0 Å². The molecule has 21 heavy (non-hydrogen) atoms. The molecule has 0 aliphatic rings. The third-order valence-electron chi connectivity index (χ3n) is 2.88. The fourth-order valence-electron chi connectivity index (χ4n) is 1.85. The average Bonchev–Trinajstić information content (AvgIpc) is 2.42. The van der Waals surface area contributed by atoms with E-state index in [1.165, 1.54) is 0 Å². The van der Waals surface area contributed by atoms with Gasteiger partial charge in [0.25, 0.3) is 0 Å². The minimum Gasteiger partial charge on any atom is -0.493 e. The lowest BCUT2D eigenvalue weighted by molar-refractivity contribution is -0.153. The van der Waals surface area contributed by atoms with Gasteiger partial charge in [0, 0.05) is 6.04 Å². The van der Waals surface area contributed by atoms with E-state index in [4.69, 9.17) is 14.2 Å². The van der Waals surface area contributed by atoms with Gasteiger partial charge >= 0.3 is 5.97 Å². The smallest absolute Gasteiger partial charge is 0.320 e. The summed E-state index contributed by atoms with van der Waals surface area (Å²) >= 11 is 0. The first-order valence-electron chi connectivity index (χ1n) is 6.94. The van der Waals surface area contributed by atoms with Crippen LogP contribution < -0.4 is 14.8 Å². The highest BCUT2D eigenvalue weighted by Crippen LogP contribution is 2.29. The summed E-state index contributed by atoms with van der Waals surface area (Å²) in [7, 11) is 3.20. The van der Waals surface area contributed by atoms with E-state index in [-0.39, 0.29) is 18.6 Å². The van der Waals surface area contributed by atoms with Crippen LogP contribution in [0.1, 0.15) is 39.3 Å². The van der Waals surface area contributed by atoms with Crippen LogP contribution in [0, 0.1) is 0 Å². The van der Waals surface area contributed by atoms with Crippen LogP contribution in [0.15, 0.2) is 18.2 Å². The molecule has 0 aromatic heterocycles. The highest BCUT2D eigenvalue weighted by molar-refractivity contribution is 5.72. The number of hydrogen-bond donors (Lipinski definition) is 1. The van der Waals surface area contributed by atoms with E-state index in [9.17, 15) is 4.79 Å². The Labute approximate surface area is 126 Å². The third-order valence-corrected chi connectivity index (χ3v) is 2.88. The number of methoxy groups -OCH3 is 2. The van der Waals surface area contributed by atoms with Crippen molar-refractivity contribution in [1.29, 1.82) is 0 Å². The lowest BCUT2D eigenvalue weighted by Crippen LogP contribution is -2.32. The Hall–Kier alpha value is -1.75. The van der Waals surface area contributed by atoms with E-state index in [0.717, 1.165) is 5.56 Å². The highest BCUT2D eigenvalue weighted by Gasteiger charge is 2.17. The van der Waals surface area contributed by atoms with Gasteiger partial charge in [0.1, 0.15) is 5.60 Å². The quantitative estimate of drug-likeness (QED) is 0.818. The molecule has 118 valence electrons. The van der Waals surface area contributed by atoms with Crippen molar-refractivity contribution in [3.05, 3.63) is 23.8 Å². The van der Waals surface area contributed by atoms with Crippen LogP contribution in [0.3, 0.4) is 0 Å². The molecule has 1 rings (SSSR count). The summed E-state index contributed by atoms with van der Waals surface area (Å²) in [6.45, 7) is 7.69. The summed E-state index contributed by atoms with van der Waals surface area (Å²) in [6, 6.07) is 5.68. The summed E-state index contributed by atoms with van der Waals surface area (Å²) in [5, 5.41) is 3.14. The fourth-order valence-corrected chi connectivity index (χ4v) is 1.85. The number of esters is 1. The first-order chi connectivity index (χ1) is 9.76. The van der Waals surface area contributed by atoms with E-state index < -0.39 is 5.60 Å². The van der Waals surface area contributed by atoms with Gasteiger partial charge in [-0.2, -0.15) is 0 Å². The van der Waals surface area contributed by atoms with Gasteiger partial charge in [-0.1, -0.05) is 6.07 Å². The largest absolute Gasteiger partial charge is 0.493 e. The molecular formula is C16H25NO4. The number of hydrogen-bond acceptors (Lipinski definition) is 5. The topological polar surface area (TPSA) is 56.8 Å². The fraction of sp³-hybridized carbons (Fsp3) is 0.562. The molecule has 1 aromatic rings. The van der Waals surface area contributed by atoms with Crippen molar-refractivity contribution < 1.29 is 19.0 Å². The SMILES string of the molecule is COc1ccc(C(C)NCC(=O)OC(C)(C)C)cc1OC. The van der Waals surface area contributed by atoms with Crippen molar-refractivity contribution >= 4 is 5.97 Å². The third kappa shape index (κ3) is 5.63. The summed E-state index contributed by atoms with van der Waals surface area (Å²) in [6.07, 6.45) is 0. The van der Waals surface area contributed by atoms with Gasteiger partial charge in [-0.05, 0) is 45.4 Å². The lowest BCUT2D eigenvalue weighted by atomic mass is 10.1. The molecule has 0 amide bonds. The van der Waals surface area contributed by atoms with Crippen molar-refractivity contribution in [2.75, 3.05) is 20.8 Å². The van der Waals surface area contributed by atoms with Gasteiger partial charge in [-0.25, -0.2) is 0 Å². The second-order valence-corrected chi connectivity index (χ2v) is 5.80.